The summed E-state index contributed by atoms with van der Waals surface area (Å²) in [4.78, 5) is 13.2. The Kier molecular flexibility index (Phi) is 5.38. The highest BCUT2D eigenvalue weighted by Gasteiger charge is 2.26. The number of nitrogens with one attached hydrogen (secondary N) is 1. The molecule has 0 aromatic carbocycles. The van der Waals surface area contributed by atoms with Gasteiger partial charge in [0.2, 0.25) is 0 Å². The van der Waals surface area contributed by atoms with Gasteiger partial charge in [-0.1, -0.05) is 0 Å². The van der Waals surface area contributed by atoms with Gasteiger partial charge in [-0.3, -0.25) is 10.2 Å². The molecule has 1 aliphatic heterocycles. The summed E-state index contributed by atoms with van der Waals surface area (Å²) in [7, 11) is 1.77. The Labute approximate surface area is 97.8 Å². The van der Waals surface area contributed by atoms with Crippen molar-refractivity contribution < 1.29 is 9.53 Å². The lowest BCUT2D eigenvalue weighted by Crippen LogP contribution is -2.45. The molecule has 0 saturated carbocycles. The van der Waals surface area contributed by atoms with E-state index in [1.807, 2.05) is 20.8 Å². The molecule has 1 heterocycles. The number of ether oxygens (including phenoxy) is 1. The molecule has 5 heteroatoms. The number of nitrogens with zero attached hydrogens (tertiary/aromatic N) is 1. The zero-order valence-corrected chi connectivity index (χ0v) is 10.7. The van der Waals surface area contributed by atoms with Gasteiger partial charge in [-0.2, -0.15) is 0 Å². The molecule has 0 aliphatic carbocycles. The third-order valence-corrected chi connectivity index (χ3v) is 2.18. The molecule has 1 atom stereocenters. The second kappa shape index (κ2) is 5.56. The Morgan fingerprint density at radius 2 is 2.07 bits per heavy atom. The van der Waals surface area contributed by atoms with E-state index >= 15 is 0 Å². The van der Waals surface area contributed by atoms with E-state index in [0.717, 1.165) is 19.4 Å². The van der Waals surface area contributed by atoms with Gasteiger partial charge in [0.25, 0.3) is 0 Å². The van der Waals surface area contributed by atoms with Crippen LogP contribution in [0.1, 0.15) is 33.6 Å². The predicted molar refractivity (Wildman–Crippen MR) is 62.3 cm³/mol. The lowest BCUT2D eigenvalue weighted by atomic mass is 10.2. The quantitative estimate of drug-likeness (QED) is 0.757. The van der Waals surface area contributed by atoms with Crippen LogP contribution in [0, 0.1) is 0 Å². The van der Waals surface area contributed by atoms with Gasteiger partial charge in [-0.05, 0) is 40.2 Å². The van der Waals surface area contributed by atoms with Crippen molar-refractivity contribution >= 4 is 18.5 Å². The second-order valence-corrected chi connectivity index (χ2v) is 4.70. The minimum atomic E-state index is -0.413. The zero-order valence-electron chi connectivity index (χ0n) is 9.87. The first-order valence-corrected chi connectivity index (χ1v) is 5.09. The van der Waals surface area contributed by atoms with Crippen LogP contribution in [-0.4, -0.2) is 36.4 Å². The van der Waals surface area contributed by atoms with E-state index in [4.69, 9.17) is 4.74 Å². The first kappa shape index (κ1) is 14.5. The fourth-order valence-corrected chi connectivity index (χ4v) is 1.46. The van der Waals surface area contributed by atoms with Crippen molar-refractivity contribution in [3.8, 4) is 0 Å². The molecule has 0 aromatic heterocycles. The topological polar surface area (TPSA) is 41.6 Å². The maximum atomic E-state index is 11.6. The number of hydrogen-bond acceptors (Lipinski definition) is 3. The first-order valence-electron chi connectivity index (χ1n) is 5.09. The van der Waals surface area contributed by atoms with Gasteiger partial charge in [0.05, 0.1) is 6.17 Å². The van der Waals surface area contributed by atoms with Gasteiger partial charge >= 0.3 is 6.09 Å². The van der Waals surface area contributed by atoms with Crippen molar-refractivity contribution in [2.45, 2.75) is 45.4 Å². The fourth-order valence-electron chi connectivity index (χ4n) is 1.46. The number of halogens is 1. The molecule has 0 radical (unpaired) electrons. The minimum absolute atomic E-state index is 0. The molecule has 90 valence electrons. The lowest BCUT2D eigenvalue weighted by molar-refractivity contribution is 0.0209. The molecule has 1 fully saturated rings. The summed E-state index contributed by atoms with van der Waals surface area (Å²) in [6.45, 7) is 6.61. The molecule has 0 spiro atoms. The smallest absolute Gasteiger partial charge is 0.411 e. The average molecular weight is 237 g/mol. The van der Waals surface area contributed by atoms with E-state index < -0.39 is 5.60 Å². The summed E-state index contributed by atoms with van der Waals surface area (Å²) in [6, 6.07) is 0. The Morgan fingerprint density at radius 3 is 2.47 bits per heavy atom. The van der Waals surface area contributed by atoms with Crippen LogP contribution in [0.4, 0.5) is 4.79 Å². The fraction of sp³-hybridized carbons (Fsp3) is 0.900. The van der Waals surface area contributed by atoms with E-state index in [-0.39, 0.29) is 24.7 Å². The summed E-state index contributed by atoms with van der Waals surface area (Å²) in [5.41, 5.74) is -0.413. The van der Waals surface area contributed by atoms with Gasteiger partial charge in [0.1, 0.15) is 5.60 Å². The third kappa shape index (κ3) is 4.71. The van der Waals surface area contributed by atoms with Crippen molar-refractivity contribution in [2.75, 3.05) is 13.6 Å². The Morgan fingerprint density at radius 1 is 1.47 bits per heavy atom. The molecule has 1 N–H and O–H groups in total. The maximum absolute atomic E-state index is 11.6. The zero-order chi connectivity index (χ0) is 10.8. The standard InChI is InChI=1S/C10H20N2O2.ClH/c1-10(2,3)14-9(13)12(4)8-6-5-7-11-8;/h8,11H,5-7H2,1-4H3;1H. The number of carbonyl (C=O) groups is 1. The summed E-state index contributed by atoms with van der Waals surface area (Å²) in [5.74, 6) is 0. The van der Waals surface area contributed by atoms with Gasteiger partial charge in [0.15, 0.2) is 0 Å². The number of amides is 1. The highest BCUT2D eigenvalue weighted by molar-refractivity contribution is 5.85. The molecule has 15 heavy (non-hydrogen) atoms. The Hall–Kier alpha value is -0.480. The van der Waals surface area contributed by atoms with Crippen molar-refractivity contribution in [1.29, 1.82) is 0 Å². The van der Waals surface area contributed by atoms with Gasteiger partial charge < -0.3 is 4.74 Å². The molecular formula is C10H21ClN2O2. The van der Waals surface area contributed by atoms with Crippen molar-refractivity contribution in [1.82, 2.24) is 10.2 Å². The lowest BCUT2D eigenvalue weighted by Gasteiger charge is -2.28. The van der Waals surface area contributed by atoms with Crippen LogP contribution in [0.2, 0.25) is 0 Å². The van der Waals surface area contributed by atoms with Crippen LogP contribution in [0.5, 0.6) is 0 Å². The van der Waals surface area contributed by atoms with E-state index in [0.29, 0.717) is 0 Å². The van der Waals surface area contributed by atoms with Crippen LogP contribution in [0.3, 0.4) is 0 Å². The van der Waals surface area contributed by atoms with Crippen LogP contribution < -0.4 is 5.32 Å². The van der Waals surface area contributed by atoms with E-state index in [1.54, 1.807) is 11.9 Å². The number of carbonyl (C=O) groups excluding carboxylic acids is 1. The van der Waals surface area contributed by atoms with E-state index in [2.05, 4.69) is 5.32 Å². The summed E-state index contributed by atoms with van der Waals surface area (Å²) in [6.07, 6.45) is 2.02. The molecular weight excluding hydrogens is 216 g/mol. The van der Waals surface area contributed by atoms with Crippen LogP contribution >= 0.6 is 12.4 Å². The molecule has 1 amide bonds. The summed E-state index contributed by atoms with van der Waals surface area (Å²) < 4.78 is 5.26. The normalized spacial score (nSPS) is 20.7. The third-order valence-electron chi connectivity index (χ3n) is 2.18. The van der Waals surface area contributed by atoms with Crippen LogP contribution in [0.25, 0.3) is 0 Å². The molecule has 1 rings (SSSR count). The molecule has 0 bridgehead atoms. The Bertz CT molecular complexity index is 210. The SMILES string of the molecule is CN(C(=O)OC(C)(C)C)C1CCCN1.Cl. The molecule has 1 aliphatic rings. The van der Waals surface area contributed by atoms with Gasteiger partial charge in [0, 0.05) is 7.05 Å². The van der Waals surface area contributed by atoms with Gasteiger partial charge in [-0.25, -0.2) is 4.79 Å². The highest BCUT2D eigenvalue weighted by Crippen LogP contribution is 2.13. The molecule has 4 nitrogen and oxygen atoms in total. The first-order chi connectivity index (χ1) is 6.40. The second-order valence-electron chi connectivity index (χ2n) is 4.70. The van der Waals surface area contributed by atoms with Crippen molar-refractivity contribution in [3.05, 3.63) is 0 Å². The average Bonchev–Trinajstić information content (AvgIpc) is 2.51. The monoisotopic (exact) mass is 236 g/mol. The molecule has 0 aromatic rings. The van der Waals surface area contributed by atoms with Gasteiger partial charge in [-0.15, -0.1) is 12.4 Å². The number of hydrogen-bond donors (Lipinski definition) is 1. The summed E-state index contributed by atoms with van der Waals surface area (Å²) in [5, 5.41) is 3.25. The van der Waals surface area contributed by atoms with Crippen LogP contribution in [-0.2, 0) is 4.74 Å². The van der Waals surface area contributed by atoms with Crippen molar-refractivity contribution in [2.24, 2.45) is 0 Å². The summed E-state index contributed by atoms with van der Waals surface area (Å²) >= 11 is 0. The maximum Gasteiger partial charge on any atom is 0.411 e. The predicted octanol–water partition coefficient (Wildman–Crippen LogP) is 1.98. The largest absolute Gasteiger partial charge is 0.444 e. The Balaban J connectivity index is 0.00000196. The molecule has 1 saturated heterocycles. The number of rotatable bonds is 1. The van der Waals surface area contributed by atoms with E-state index in [9.17, 15) is 4.79 Å². The van der Waals surface area contributed by atoms with Crippen LogP contribution in [0.15, 0.2) is 0 Å². The molecule has 1 unspecified atom stereocenters. The minimum Gasteiger partial charge on any atom is -0.444 e. The van der Waals surface area contributed by atoms with E-state index in [1.165, 1.54) is 0 Å². The highest BCUT2D eigenvalue weighted by atomic mass is 35.5. The van der Waals surface area contributed by atoms with Crippen molar-refractivity contribution in [3.63, 3.8) is 0 Å².